The number of allylic oxidation sites excluding steroid dienone is 8. The Hall–Kier alpha value is 0.293. The summed E-state index contributed by atoms with van der Waals surface area (Å²) in [4.78, 5) is 0. The van der Waals surface area contributed by atoms with Crippen LogP contribution in [0.1, 0.15) is 79.1 Å². The molecule has 0 spiro atoms. The van der Waals surface area contributed by atoms with E-state index in [1.165, 1.54) is 51.4 Å². The fraction of sp³-hybridized carbons (Fsp3) is 0.679. The fourth-order valence-corrected chi connectivity index (χ4v) is 13.5. The summed E-state index contributed by atoms with van der Waals surface area (Å²) in [5.41, 5.74) is 6.83. The third-order valence-electron chi connectivity index (χ3n) is 9.49. The summed E-state index contributed by atoms with van der Waals surface area (Å²) >= 11 is -0.459. The van der Waals surface area contributed by atoms with Crippen LogP contribution in [0.3, 0.4) is 0 Å². The molecular weight excluding hydrogens is 498 g/mol. The molecule has 169 valence electrons. The van der Waals surface area contributed by atoms with Crippen molar-refractivity contribution in [2.45, 2.75) is 82.7 Å². The van der Waals surface area contributed by atoms with Gasteiger partial charge in [0.05, 0.1) is 0 Å². The van der Waals surface area contributed by atoms with Crippen molar-refractivity contribution in [1.82, 2.24) is 0 Å². The quantitative estimate of drug-likeness (QED) is 0.503. The summed E-state index contributed by atoms with van der Waals surface area (Å²) in [6.07, 6.45) is 22.0. The van der Waals surface area contributed by atoms with Gasteiger partial charge in [-0.25, -0.2) is 0 Å². The molecule has 0 aromatic rings. The van der Waals surface area contributed by atoms with Gasteiger partial charge in [-0.2, -0.15) is 0 Å². The van der Waals surface area contributed by atoms with Crippen LogP contribution in [0.25, 0.3) is 0 Å². The van der Waals surface area contributed by atoms with Crippen molar-refractivity contribution >= 4 is 3.21 Å². The van der Waals surface area contributed by atoms with Gasteiger partial charge in [0, 0.05) is 0 Å². The predicted octanol–water partition coefficient (Wildman–Crippen LogP) is 1.71. The maximum atomic E-state index is 2.66. The Morgan fingerprint density at radius 1 is 0.806 bits per heavy atom. The van der Waals surface area contributed by atoms with E-state index in [1.807, 2.05) is 5.57 Å². The molecule has 3 heteroatoms. The van der Waals surface area contributed by atoms with E-state index in [-0.39, 0.29) is 24.8 Å². The average molecular weight is 538 g/mol. The summed E-state index contributed by atoms with van der Waals surface area (Å²) in [5, 5.41) is 0. The second-order valence-electron chi connectivity index (χ2n) is 10.6. The van der Waals surface area contributed by atoms with E-state index in [4.69, 9.17) is 0 Å². The molecule has 7 atom stereocenters. The average Bonchev–Trinajstić information content (AvgIpc) is 3.17. The summed E-state index contributed by atoms with van der Waals surface area (Å²) in [6, 6.07) is 0. The topological polar surface area (TPSA) is 0 Å². The van der Waals surface area contributed by atoms with E-state index in [0.29, 0.717) is 5.92 Å². The molecule has 0 bridgehead atoms. The fourth-order valence-electron chi connectivity index (χ4n) is 7.82. The predicted molar refractivity (Wildman–Crippen MR) is 122 cm³/mol. The Morgan fingerprint density at radius 2 is 1.48 bits per heavy atom. The van der Waals surface area contributed by atoms with Gasteiger partial charge in [0.1, 0.15) is 0 Å². The standard InChI is InChI=1S/C22H29.C6H10.2ClH.Zr/c1-13-14(2)16(4)22(15(13)3)20-11-7-10-19-18-9-6-5-8-17(18)12-21(19)20;1-2-4-6-5-3-1;;;/h5-6,8-9,12,15,17-21H,7,10-11H2,1-4H3;1-5H2;2*1H;/q;;;;+2/p-2. The van der Waals surface area contributed by atoms with Gasteiger partial charge < -0.3 is 24.8 Å². The maximum absolute atomic E-state index is 2.66. The van der Waals surface area contributed by atoms with E-state index in [0.717, 1.165) is 33.2 Å². The Kier molecular flexibility index (Phi) is 8.94. The molecule has 0 radical (unpaired) electrons. The number of halogens is 2. The molecule has 0 aromatic heterocycles. The van der Waals surface area contributed by atoms with Crippen molar-refractivity contribution in [3.63, 3.8) is 0 Å². The molecule has 31 heavy (non-hydrogen) atoms. The van der Waals surface area contributed by atoms with E-state index >= 15 is 0 Å². The van der Waals surface area contributed by atoms with Gasteiger partial charge in [0.2, 0.25) is 0 Å². The molecule has 0 aromatic carbocycles. The first-order valence-electron chi connectivity index (χ1n) is 12.4. The summed E-state index contributed by atoms with van der Waals surface area (Å²) in [7, 11) is 0. The third-order valence-corrected chi connectivity index (χ3v) is 14.4. The number of hydrogen-bond donors (Lipinski definition) is 0. The Bertz CT molecular complexity index is 822. The van der Waals surface area contributed by atoms with E-state index in [2.05, 4.69) is 55.2 Å². The molecule has 5 rings (SSSR count). The van der Waals surface area contributed by atoms with Crippen LogP contribution in [0.4, 0.5) is 0 Å². The third kappa shape index (κ3) is 4.51. The van der Waals surface area contributed by atoms with Crippen molar-refractivity contribution in [1.29, 1.82) is 0 Å². The molecule has 5 aliphatic rings. The van der Waals surface area contributed by atoms with Crippen LogP contribution in [0, 0.1) is 35.5 Å². The van der Waals surface area contributed by atoms with Gasteiger partial charge in [-0.15, -0.1) is 0 Å². The molecule has 0 amide bonds. The van der Waals surface area contributed by atoms with Gasteiger partial charge in [-0.05, 0) is 0 Å². The zero-order valence-electron chi connectivity index (χ0n) is 19.8. The molecule has 0 aliphatic heterocycles. The van der Waals surface area contributed by atoms with Crippen LogP contribution in [-0.2, 0) is 22.8 Å². The van der Waals surface area contributed by atoms with Crippen molar-refractivity contribution in [3.8, 4) is 0 Å². The van der Waals surface area contributed by atoms with Gasteiger partial charge in [-0.1, -0.05) is 0 Å². The minimum Gasteiger partial charge on any atom is -1.00 e. The van der Waals surface area contributed by atoms with Crippen LogP contribution in [0.2, 0.25) is 3.63 Å². The van der Waals surface area contributed by atoms with Crippen molar-refractivity contribution in [2.75, 3.05) is 0 Å². The van der Waals surface area contributed by atoms with Crippen LogP contribution in [0.5, 0.6) is 0 Å². The van der Waals surface area contributed by atoms with Crippen LogP contribution in [-0.4, -0.2) is 3.21 Å². The van der Waals surface area contributed by atoms with E-state index < -0.39 is 22.8 Å². The molecular formula is C28H39Cl2Zr. The van der Waals surface area contributed by atoms with E-state index in [9.17, 15) is 0 Å². The largest absolute Gasteiger partial charge is 1.00 e. The summed E-state index contributed by atoms with van der Waals surface area (Å²) in [6.45, 7) is 9.76. The number of hydrogen-bond acceptors (Lipinski definition) is 0. The van der Waals surface area contributed by atoms with Gasteiger partial charge in [0.15, 0.2) is 0 Å². The second kappa shape index (κ2) is 10.7. The minimum atomic E-state index is -0.459. The van der Waals surface area contributed by atoms with Gasteiger partial charge in [0.25, 0.3) is 0 Å². The first-order valence-corrected chi connectivity index (χ1v) is 15.1. The molecule has 3 saturated carbocycles. The molecule has 0 nitrogen and oxygen atoms in total. The van der Waals surface area contributed by atoms with Crippen LogP contribution in [0.15, 0.2) is 46.6 Å². The van der Waals surface area contributed by atoms with Crippen molar-refractivity contribution < 1.29 is 47.6 Å². The monoisotopic (exact) mass is 535 g/mol. The normalized spacial score (nSPS) is 39.0. The Balaban J connectivity index is 0.00000136. The van der Waals surface area contributed by atoms with Crippen LogP contribution >= 0.6 is 0 Å². The Morgan fingerprint density at radius 3 is 2.13 bits per heavy atom. The SMILES string of the molecule is CC1=C(C)C(C)C(C2CCCC3C4C=CC=CC4[CH]([Zr+2]=[C]4CCCCC4)C23)=C1C.[Cl-].[Cl-]. The van der Waals surface area contributed by atoms with Gasteiger partial charge >= 0.3 is 191 Å². The molecule has 0 saturated heterocycles. The van der Waals surface area contributed by atoms with Crippen molar-refractivity contribution in [2.24, 2.45) is 35.5 Å². The molecule has 0 N–H and O–H groups in total. The van der Waals surface area contributed by atoms with Gasteiger partial charge in [-0.3, -0.25) is 0 Å². The Labute approximate surface area is 214 Å². The molecule has 3 fully saturated rings. The summed E-state index contributed by atoms with van der Waals surface area (Å²) in [5.74, 6) is 5.25. The number of rotatable bonds is 2. The van der Waals surface area contributed by atoms with Crippen LogP contribution < -0.4 is 24.8 Å². The first-order chi connectivity index (χ1) is 14.1. The minimum absolute atomic E-state index is 0. The smallest absolute Gasteiger partial charge is 1.00 e. The molecule has 5 aliphatic carbocycles. The first kappa shape index (κ1) is 25.9. The molecule has 7 unspecified atom stereocenters. The van der Waals surface area contributed by atoms with Crippen molar-refractivity contribution in [3.05, 3.63) is 46.6 Å². The second-order valence-corrected chi connectivity index (χ2v) is 14.7. The maximum Gasteiger partial charge on any atom is -1.00 e. The van der Waals surface area contributed by atoms with E-state index in [1.54, 1.807) is 16.7 Å². The summed E-state index contributed by atoms with van der Waals surface area (Å²) < 4.78 is 3.15. The zero-order valence-corrected chi connectivity index (χ0v) is 23.7. The number of fused-ring (bicyclic) bond motifs is 3. The molecule has 0 heterocycles. The zero-order chi connectivity index (χ0) is 20.1.